The summed E-state index contributed by atoms with van der Waals surface area (Å²) in [6.07, 6.45) is 0. The maximum absolute atomic E-state index is 12.0. The van der Waals surface area contributed by atoms with E-state index in [-0.39, 0.29) is 5.69 Å². The Balaban J connectivity index is 2.40. The molecule has 1 aromatic carbocycles. The fraction of sp³-hybridized carbons (Fsp3) is 0.154. The summed E-state index contributed by atoms with van der Waals surface area (Å²) in [5, 5.41) is 4.08. The second-order valence-electron chi connectivity index (χ2n) is 4.32. The lowest BCUT2D eigenvalue weighted by Crippen LogP contribution is -2.42. The number of hydrogen-bond acceptors (Lipinski definition) is 5. The number of nitrogens with two attached hydrogens (primary N) is 2. The van der Waals surface area contributed by atoms with Crippen molar-refractivity contribution >= 4 is 28.4 Å². The predicted molar refractivity (Wildman–Crippen MR) is 75.7 cm³/mol. The zero-order chi connectivity index (χ0) is 14.7. The minimum absolute atomic E-state index is 0.157. The normalized spacial score (nSPS) is 11.9. The minimum Gasteiger partial charge on any atom is -0.368 e. The molecule has 2 rings (SSSR count). The molecule has 1 unspecified atom stereocenters. The number of rotatable bonds is 4. The van der Waals surface area contributed by atoms with Crippen molar-refractivity contribution in [3.8, 4) is 0 Å². The molecule has 0 bridgehead atoms. The number of nitrogen functional groups attached to an aromatic ring is 1. The molecule has 0 radical (unpaired) electrons. The van der Waals surface area contributed by atoms with Gasteiger partial charge in [-0.1, -0.05) is 24.3 Å². The number of amides is 2. The summed E-state index contributed by atoms with van der Waals surface area (Å²) in [7, 11) is 0. The van der Waals surface area contributed by atoms with E-state index in [0.29, 0.717) is 5.82 Å². The average Bonchev–Trinajstić information content (AvgIpc) is 2.45. The first-order valence-electron chi connectivity index (χ1n) is 5.99. The van der Waals surface area contributed by atoms with Gasteiger partial charge in [-0.3, -0.25) is 9.59 Å². The van der Waals surface area contributed by atoms with Crippen LogP contribution in [0.4, 0.5) is 5.82 Å². The third-order valence-electron chi connectivity index (χ3n) is 2.88. The highest BCUT2D eigenvalue weighted by atomic mass is 16.2. The van der Waals surface area contributed by atoms with Crippen molar-refractivity contribution in [3.05, 3.63) is 36.0 Å². The molecule has 1 atom stereocenters. The van der Waals surface area contributed by atoms with E-state index < -0.39 is 17.9 Å². The van der Waals surface area contributed by atoms with Crippen LogP contribution in [0.15, 0.2) is 30.3 Å². The van der Waals surface area contributed by atoms with Gasteiger partial charge in [0.05, 0.1) is 0 Å². The van der Waals surface area contributed by atoms with Crippen LogP contribution >= 0.6 is 0 Å². The maximum atomic E-state index is 12.0. The number of benzene rings is 1. The molecule has 0 aliphatic rings. The van der Waals surface area contributed by atoms with Gasteiger partial charge < -0.3 is 16.5 Å². The van der Waals surface area contributed by atoms with Gasteiger partial charge in [-0.2, -0.15) is 0 Å². The topological polar surface area (TPSA) is 123 Å². The van der Waals surface area contributed by atoms with Crippen molar-refractivity contribution in [3.63, 3.8) is 0 Å². The molecule has 0 saturated carbocycles. The van der Waals surface area contributed by atoms with Gasteiger partial charge in [0, 0.05) is 5.39 Å². The molecule has 7 nitrogen and oxygen atoms in total. The van der Waals surface area contributed by atoms with E-state index in [4.69, 9.17) is 11.6 Å². The number of primary amides is 1. The van der Waals surface area contributed by atoms with Gasteiger partial charge in [0.25, 0.3) is 5.91 Å². The Bertz CT molecular complexity index is 671. The van der Waals surface area contributed by atoms with Gasteiger partial charge in [0.15, 0.2) is 0 Å². The van der Waals surface area contributed by atoms with Crippen LogP contribution in [0.5, 0.6) is 0 Å². The molecule has 2 amide bonds. The molecule has 20 heavy (non-hydrogen) atoms. The molecule has 1 heterocycles. The van der Waals surface area contributed by atoms with Gasteiger partial charge in [-0.05, 0) is 18.4 Å². The summed E-state index contributed by atoms with van der Waals surface area (Å²) in [6, 6.07) is 8.22. The molecule has 7 heteroatoms. The quantitative estimate of drug-likeness (QED) is 0.465. The van der Waals surface area contributed by atoms with Crippen LogP contribution in [-0.2, 0) is 4.79 Å². The van der Waals surface area contributed by atoms with E-state index in [1.165, 1.54) is 6.92 Å². The molecule has 0 fully saturated rings. The first-order chi connectivity index (χ1) is 9.52. The number of aromatic nitrogens is 1. The number of fused-ring (bicyclic) bond motifs is 1. The molecule has 0 spiro atoms. The Morgan fingerprint density at radius 1 is 1.30 bits per heavy atom. The van der Waals surface area contributed by atoms with E-state index >= 15 is 0 Å². The Labute approximate surface area is 115 Å². The number of carbonyl (C=O) groups excluding carboxylic acids is 2. The number of hydrogen-bond donors (Lipinski definition) is 4. The zero-order valence-corrected chi connectivity index (χ0v) is 10.9. The monoisotopic (exact) mass is 273 g/mol. The molecular weight excluding hydrogens is 258 g/mol. The molecule has 2 aromatic rings. The summed E-state index contributed by atoms with van der Waals surface area (Å²) in [4.78, 5) is 27.1. The predicted octanol–water partition coefficient (Wildman–Crippen LogP) is 0.124. The molecular formula is C13H15N5O2. The maximum Gasteiger partial charge on any atom is 0.270 e. The number of anilines is 1. The average molecular weight is 273 g/mol. The second kappa shape index (κ2) is 5.54. The highest BCUT2D eigenvalue weighted by Crippen LogP contribution is 2.21. The molecule has 6 N–H and O–H groups in total. The number of hydrazine groups is 1. The van der Waals surface area contributed by atoms with Crippen molar-refractivity contribution in [2.24, 2.45) is 11.6 Å². The molecule has 1 aromatic heterocycles. The Hall–Kier alpha value is -2.67. The van der Waals surface area contributed by atoms with Gasteiger partial charge >= 0.3 is 0 Å². The lowest BCUT2D eigenvalue weighted by atomic mass is 10.1. The van der Waals surface area contributed by atoms with Crippen molar-refractivity contribution in [1.82, 2.24) is 10.3 Å². The molecule has 104 valence electrons. The van der Waals surface area contributed by atoms with Crippen LogP contribution in [0.1, 0.15) is 17.4 Å². The fourth-order valence-electron chi connectivity index (χ4n) is 1.77. The van der Waals surface area contributed by atoms with Crippen molar-refractivity contribution in [2.45, 2.75) is 13.0 Å². The summed E-state index contributed by atoms with van der Waals surface area (Å²) in [6.45, 7) is 1.50. The second-order valence-corrected chi connectivity index (χ2v) is 4.32. The van der Waals surface area contributed by atoms with Gasteiger partial charge in [-0.25, -0.2) is 10.8 Å². The Morgan fingerprint density at radius 2 is 2.00 bits per heavy atom. The fourth-order valence-corrected chi connectivity index (χ4v) is 1.77. The van der Waals surface area contributed by atoms with Gasteiger partial charge in [0.1, 0.15) is 17.6 Å². The summed E-state index contributed by atoms with van der Waals surface area (Å²) in [5.41, 5.74) is 7.72. The van der Waals surface area contributed by atoms with Crippen LogP contribution in [0, 0.1) is 0 Å². The van der Waals surface area contributed by atoms with Gasteiger partial charge in [-0.15, -0.1) is 0 Å². The Morgan fingerprint density at radius 3 is 2.65 bits per heavy atom. The van der Waals surface area contributed by atoms with Crippen LogP contribution in [0.25, 0.3) is 10.8 Å². The van der Waals surface area contributed by atoms with Crippen LogP contribution in [0.2, 0.25) is 0 Å². The molecule has 0 aliphatic heterocycles. The Kier molecular flexibility index (Phi) is 3.81. The van der Waals surface area contributed by atoms with Crippen molar-refractivity contribution in [1.29, 1.82) is 0 Å². The van der Waals surface area contributed by atoms with Crippen LogP contribution in [-0.4, -0.2) is 22.8 Å². The zero-order valence-electron chi connectivity index (χ0n) is 10.9. The third kappa shape index (κ3) is 2.67. The number of pyridine rings is 1. The standard InChI is InChI=1S/C13H15N5O2/c1-7(11(14)19)16-13(20)10-6-8-4-2-3-5-9(8)12(17-10)18-15/h2-7H,15H2,1H3,(H2,14,19)(H,16,20)(H,17,18). The molecule has 0 saturated heterocycles. The lowest BCUT2D eigenvalue weighted by molar-refractivity contribution is -0.119. The minimum atomic E-state index is -0.773. The highest BCUT2D eigenvalue weighted by Gasteiger charge is 2.16. The van der Waals surface area contributed by atoms with E-state index in [0.717, 1.165) is 10.8 Å². The van der Waals surface area contributed by atoms with Crippen LogP contribution < -0.4 is 22.3 Å². The van der Waals surface area contributed by atoms with E-state index in [1.54, 1.807) is 6.07 Å². The summed E-state index contributed by atoms with van der Waals surface area (Å²) < 4.78 is 0. The smallest absolute Gasteiger partial charge is 0.270 e. The first kappa shape index (κ1) is 13.8. The van der Waals surface area contributed by atoms with E-state index in [1.807, 2.05) is 24.3 Å². The SMILES string of the molecule is CC(NC(=O)c1cc2ccccc2c(NN)n1)C(N)=O. The number of carbonyl (C=O) groups is 2. The molecule has 0 aliphatic carbocycles. The van der Waals surface area contributed by atoms with E-state index in [2.05, 4.69) is 15.7 Å². The number of nitrogens with one attached hydrogen (secondary N) is 2. The first-order valence-corrected chi connectivity index (χ1v) is 5.99. The van der Waals surface area contributed by atoms with E-state index in [9.17, 15) is 9.59 Å². The highest BCUT2D eigenvalue weighted by molar-refractivity contribution is 6.01. The van der Waals surface area contributed by atoms with Crippen molar-refractivity contribution in [2.75, 3.05) is 5.43 Å². The summed E-state index contributed by atoms with van der Waals surface area (Å²) >= 11 is 0. The van der Waals surface area contributed by atoms with Crippen molar-refractivity contribution < 1.29 is 9.59 Å². The van der Waals surface area contributed by atoms with Crippen LogP contribution in [0.3, 0.4) is 0 Å². The summed E-state index contributed by atoms with van der Waals surface area (Å²) in [5.74, 6) is 4.70. The third-order valence-corrected chi connectivity index (χ3v) is 2.88. The van der Waals surface area contributed by atoms with Gasteiger partial charge in [0.2, 0.25) is 5.91 Å². The lowest BCUT2D eigenvalue weighted by Gasteiger charge is -2.11. The largest absolute Gasteiger partial charge is 0.368 e. The number of nitrogens with zero attached hydrogens (tertiary/aromatic N) is 1.